The summed E-state index contributed by atoms with van der Waals surface area (Å²) >= 11 is 0. The highest BCUT2D eigenvalue weighted by molar-refractivity contribution is 5.95. The first-order valence-corrected chi connectivity index (χ1v) is 8.44. The van der Waals surface area contributed by atoms with Gasteiger partial charge in [0.1, 0.15) is 0 Å². The van der Waals surface area contributed by atoms with E-state index in [2.05, 4.69) is 34.5 Å². The highest BCUT2D eigenvalue weighted by atomic mass is 16.5. The molecule has 1 heterocycles. The molecule has 0 radical (unpaired) electrons. The second kappa shape index (κ2) is 8.08. The van der Waals surface area contributed by atoms with Crippen molar-refractivity contribution in [1.82, 2.24) is 10.2 Å². The Morgan fingerprint density at radius 2 is 1.71 bits per heavy atom. The topological polar surface area (TPSA) is 41.6 Å². The summed E-state index contributed by atoms with van der Waals surface area (Å²) in [6.45, 7) is 7.09. The molecule has 4 heteroatoms. The Hall–Kier alpha value is -2.17. The average molecular weight is 324 g/mol. The third-order valence-corrected chi connectivity index (χ3v) is 4.38. The van der Waals surface area contributed by atoms with E-state index in [1.165, 1.54) is 5.56 Å². The second-order valence-corrected chi connectivity index (χ2v) is 6.20. The summed E-state index contributed by atoms with van der Waals surface area (Å²) in [6.07, 6.45) is 0. The van der Waals surface area contributed by atoms with Crippen molar-refractivity contribution in [2.75, 3.05) is 26.3 Å². The molecule has 24 heavy (non-hydrogen) atoms. The van der Waals surface area contributed by atoms with Crippen LogP contribution in [0.2, 0.25) is 0 Å². The molecule has 0 bridgehead atoms. The molecule has 0 atom stereocenters. The van der Waals surface area contributed by atoms with E-state index < -0.39 is 0 Å². The number of nitrogens with zero attached hydrogens (tertiary/aromatic N) is 1. The van der Waals surface area contributed by atoms with Crippen LogP contribution in [-0.2, 0) is 17.8 Å². The third-order valence-electron chi connectivity index (χ3n) is 4.38. The highest BCUT2D eigenvalue weighted by Crippen LogP contribution is 2.10. The number of hydrogen-bond acceptors (Lipinski definition) is 3. The predicted octanol–water partition coefficient (Wildman–Crippen LogP) is 2.76. The van der Waals surface area contributed by atoms with Gasteiger partial charge in [-0.2, -0.15) is 0 Å². The lowest BCUT2D eigenvalue weighted by atomic mass is 10.1. The molecule has 1 saturated heterocycles. The van der Waals surface area contributed by atoms with Crippen molar-refractivity contribution in [3.05, 3.63) is 70.8 Å². The molecular weight excluding hydrogens is 300 g/mol. The highest BCUT2D eigenvalue weighted by Gasteiger charge is 2.11. The lowest BCUT2D eigenvalue weighted by molar-refractivity contribution is 0.0342. The first-order valence-electron chi connectivity index (χ1n) is 8.44. The number of carbonyl (C=O) groups is 1. The number of rotatable bonds is 5. The second-order valence-electron chi connectivity index (χ2n) is 6.20. The lowest BCUT2D eigenvalue weighted by Gasteiger charge is -2.26. The first kappa shape index (κ1) is 16.7. The molecule has 0 aromatic heterocycles. The van der Waals surface area contributed by atoms with E-state index in [0.717, 1.165) is 49.5 Å². The summed E-state index contributed by atoms with van der Waals surface area (Å²) in [6, 6.07) is 16.1. The van der Waals surface area contributed by atoms with E-state index in [0.29, 0.717) is 6.54 Å². The minimum Gasteiger partial charge on any atom is -0.379 e. The molecule has 1 aliphatic rings. The molecule has 0 aliphatic carbocycles. The number of amides is 1. The molecule has 2 aromatic rings. The van der Waals surface area contributed by atoms with Crippen LogP contribution in [0.3, 0.4) is 0 Å². The van der Waals surface area contributed by atoms with Gasteiger partial charge in [0.25, 0.3) is 5.91 Å². The third kappa shape index (κ3) is 4.43. The molecule has 0 saturated carbocycles. The number of ether oxygens (including phenoxy) is 1. The molecule has 0 spiro atoms. The van der Waals surface area contributed by atoms with E-state index in [4.69, 9.17) is 4.74 Å². The fraction of sp³-hybridized carbons (Fsp3) is 0.350. The van der Waals surface area contributed by atoms with E-state index in [1.807, 2.05) is 31.2 Å². The Balaban J connectivity index is 1.52. The van der Waals surface area contributed by atoms with Crippen LogP contribution < -0.4 is 5.32 Å². The van der Waals surface area contributed by atoms with Gasteiger partial charge in [0.2, 0.25) is 0 Å². The van der Waals surface area contributed by atoms with Gasteiger partial charge in [-0.15, -0.1) is 0 Å². The summed E-state index contributed by atoms with van der Waals surface area (Å²) in [5.41, 5.74) is 4.14. The Bertz CT molecular complexity index is 676. The van der Waals surface area contributed by atoms with Crippen LogP contribution in [0.4, 0.5) is 0 Å². The van der Waals surface area contributed by atoms with Crippen molar-refractivity contribution in [1.29, 1.82) is 0 Å². The number of aryl methyl sites for hydroxylation is 1. The molecule has 4 nitrogen and oxygen atoms in total. The quantitative estimate of drug-likeness (QED) is 0.919. The average Bonchev–Trinajstić information content (AvgIpc) is 2.62. The van der Waals surface area contributed by atoms with Gasteiger partial charge < -0.3 is 10.1 Å². The summed E-state index contributed by atoms with van der Waals surface area (Å²) < 4.78 is 5.37. The van der Waals surface area contributed by atoms with Crippen molar-refractivity contribution < 1.29 is 9.53 Å². The molecule has 3 rings (SSSR count). The van der Waals surface area contributed by atoms with Crippen LogP contribution in [0.5, 0.6) is 0 Å². The van der Waals surface area contributed by atoms with Gasteiger partial charge in [-0.1, -0.05) is 42.5 Å². The summed E-state index contributed by atoms with van der Waals surface area (Å²) in [7, 11) is 0. The standard InChI is InChI=1S/C20H24N2O2/c1-16-4-2-3-5-19(16)20(23)21-14-17-6-8-18(9-7-17)15-22-10-12-24-13-11-22/h2-9H,10-15H2,1H3,(H,21,23). The molecule has 1 amide bonds. The Kier molecular flexibility index (Phi) is 5.62. The Morgan fingerprint density at radius 3 is 2.42 bits per heavy atom. The van der Waals surface area contributed by atoms with Gasteiger partial charge in [0, 0.05) is 31.7 Å². The maximum absolute atomic E-state index is 12.2. The molecule has 1 N–H and O–H groups in total. The largest absolute Gasteiger partial charge is 0.379 e. The fourth-order valence-corrected chi connectivity index (χ4v) is 2.89. The van der Waals surface area contributed by atoms with Crippen LogP contribution in [0, 0.1) is 6.92 Å². The van der Waals surface area contributed by atoms with Gasteiger partial charge in [-0.3, -0.25) is 9.69 Å². The summed E-state index contributed by atoms with van der Waals surface area (Å²) in [5.74, 6) is -0.0227. The van der Waals surface area contributed by atoms with E-state index in [-0.39, 0.29) is 5.91 Å². The maximum Gasteiger partial charge on any atom is 0.251 e. The smallest absolute Gasteiger partial charge is 0.251 e. The van der Waals surface area contributed by atoms with E-state index in [1.54, 1.807) is 0 Å². The zero-order valence-electron chi connectivity index (χ0n) is 14.1. The molecular formula is C20H24N2O2. The van der Waals surface area contributed by atoms with Crippen LogP contribution in [0.1, 0.15) is 27.0 Å². The van der Waals surface area contributed by atoms with E-state index >= 15 is 0 Å². The van der Waals surface area contributed by atoms with Crippen LogP contribution in [0.25, 0.3) is 0 Å². The van der Waals surface area contributed by atoms with Gasteiger partial charge >= 0.3 is 0 Å². The number of morpholine rings is 1. The number of nitrogens with one attached hydrogen (secondary N) is 1. The first-order chi connectivity index (χ1) is 11.7. The van der Waals surface area contributed by atoms with Crippen molar-refractivity contribution in [3.8, 4) is 0 Å². The molecule has 126 valence electrons. The Morgan fingerprint density at radius 1 is 1.04 bits per heavy atom. The minimum absolute atomic E-state index is 0.0227. The maximum atomic E-state index is 12.2. The molecule has 1 aliphatic heterocycles. The minimum atomic E-state index is -0.0227. The SMILES string of the molecule is Cc1ccccc1C(=O)NCc1ccc(CN2CCOCC2)cc1. The van der Waals surface area contributed by atoms with Gasteiger partial charge in [0.15, 0.2) is 0 Å². The number of hydrogen-bond donors (Lipinski definition) is 1. The molecule has 0 unspecified atom stereocenters. The molecule has 2 aromatic carbocycles. The fourth-order valence-electron chi connectivity index (χ4n) is 2.89. The zero-order valence-corrected chi connectivity index (χ0v) is 14.1. The molecule has 1 fully saturated rings. The van der Waals surface area contributed by atoms with Crippen molar-refractivity contribution in [3.63, 3.8) is 0 Å². The Labute approximate surface area is 143 Å². The van der Waals surface area contributed by atoms with Crippen molar-refractivity contribution in [2.24, 2.45) is 0 Å². The zero-order chi connectivity index (χ0) is 16.8. The number of benzene rings is 2. The monoisotopic (exact) mass is 324 g/mol. The van der Waals surface area contributed by atoms with E-state index in [9.17, 15) is 4.79 Å². The van der Waals surface area contributed by atoms with Crippen molar-refractivity contribution in [2.45, 2.75) is 20.0 Å². The van der Waals surface area contributed by atoms with Gasteiger partial charge in [0.05, 0.1) is 13.2 Å². The summed E-state index contributed by atoms with van der Waals surface area (Å²) in [5, 5.41) is 2.99. The van der Waals surface area contributed by atoms with Crippen molar-refractivity contribution >= 4 is 5.91 Å². The number of carbonyl (C=O) groups excluding carboxylic acids is 1. The summed E-state index contributed by atoms with van der Waals surface area (Å²) in [4.78, 5) is 14.6. The predicted molar refractivity (Wildman–Crippen MR) is 94.9 cm³/mol. The lowest BCUT2D eigenvalue weighted by Crippen LogP contribution is -2.35. The normalized spacial score (nSPS) is 15.2. The van der Waals surface area contributed by atoms with Crippen LogP contribution in [0.15, 0.2) is 48.5 Å². The van der Waals surface area contributed by atoms with Crippen LogP contribution in [-0.4, -0.2) is 37.1 Å². The van der Waals surface area contributed by atoms with Gasteiger partial charge in [-0.25, -0.2) is 0 Å². The van der Waals surface area contributed by atoms with Gasteiger partial charge in [-0.05, 0) is 29.7 Å². The van der Waals surface area contributed by atoms with Crippen LogP contribution >= 0.6 is 0 Å².